The highest BCUT2D eigenvalue weighted by Crippen LogP contribution is 2.16. The second-order valence-electron chi connectivity index (χ2n) is 5.64. The Bertz CT molecular complexity index is 421. The molecule has 5 heteroatoms. The Balaban J connectivity index is 1.75. The largest absolute Gasteiger partial charge is 0.370 e. The lowest BCUT2D eigenvalue weighted by atomic mass is 10.0. The molecule has 112 valence electrons. The van der Waals surface area contributed by atoms with Gasteiger partial charge in [-0.05, 0) is 39.7 Å². The number of aryl methyl sites for hydroxylation is 1. The van der Waals surface area contributed by atoms with E-state index in [9.17, 15) is 0 Å². The lowest BCUT2D eigenvalue weighted by Gasteiger charge is -2.33. The summed E-state index contributed by atoms with van der Waals surface area (Å²) in [6.07, 6.45) is 7.11. The maximum Gasteiger partial charge on any atom is 0.224 e. The third-order valence-corrected chi connectivity index (χ3v) is 4.05. The minimum atomic E-state index is 0.669. The van der Waals surface area contributed by atoms with Crippen LogP contribution in [0.2, 0.25) is 0 Å². The minimum absolute atomic E-state index is 0.669. The first kappa shape index (κ1) is 15.0. The van der Waals surface area contributed by atoms with Gasteiger partial charge in [-0.1, -0.05) is 6.42 Å². The van der Waals surface area contributed by atoms with E-state index in [1.807, 2.05) is 20.2 Å². The van der Waals surface area contributed by atoms with Gasteiger partial charge in [-0.2, -0.15) is 4.98 Å². The number of hydrogen-bond acceptors (Lipinski definition) is 5. The van der Waals surface area contributed by atoms with E-state index in [-0.39, 0.29) is 0 Å². The van der Waals surface area contributed by atoms with E-state index in [0.29, 0.717) is 5.95 Å². The minimum Gasteiger partial charge on any atom is -0.370 e. The van der Waals surface area contributed by atoms with Crippen LogP contribution in [0.4, 0.5) is 11.8 Å². The van der Waals surface area contributed by atoms with Gasteiger partial charge >= 0.3 is 0 Å². The van der Waals surface area contributed by atoms with E-state index in [1.54, 1.807) is 0 Å². The quantitative estimate of drug-likeness (QED) is 0.783. The summed E-state index contributed by atoms with van der Waals surface area (Å²) in [6, 6.07) is 0.750. The van der Waals surface area contributed by atoms with Gasteiger partial charge in [0.25, 0.3) is 0 Å². The molecule has 1 aliphatic heterocycles. The number of hydrogen-bond donors (Lipinski definition) is 2. The topological polar surface area (TPSA) is 53.1 Å². The molecule has 2 rings (SSSR count). The van der Waals surface area contributed by atoms with E-state index >= 15 is 0 Å². The van der Waals surface area contributed by atoms with Gasteiger partial charge in [0.15, 0.2) is 0 Å². The molecule has 0 amide bonds. The van der Waals surface area contributed by atoms with Crippen LogP contribution in [0.25, 0.3) is 0 Å². The van der Waals surface area contributed by atoms with Crippen molar-refractivity contribution in [1.29, 1.82) is 0 Å². The number of anilines is 2. The lowest BCUT2D eigenvalue weighted by molar-refractivity contribution is 0.160. The van der Waals surface area contributed by atoms with E-state index in [4.69, 9.17) is 0 Å². The molecule has 1 aromatic heterocycles. The molecule has 1 aromatic rings. The Morgan fingerprint density at radius 3 is 3.00 bits per heavy atom. The van der Waals surface area contributed by atoms with Crippen LogP contribution in [0.5, 0.6) is 0 Å². The summed E-state index contributed by atoms with van der Waals surface area (Å²) in [6.45, 7) is 7.79. The molecule has 0 saturated carbocycles. The molecule has 5 nitrogen and oxygen atoms in total. The van der Waals surface area contributed by atoms with Crippen molar-refractivity contribution in [3.63, 3.8) is 0 Å². The van der Waals surface area contributed by atoms with Gasteiger partial charge in [0, 0.05) is 37.9 Å². The van der Waals surface area contributed by atoms with Crippen molar-refractivity contribution in [2.45, 2.75) is 45.6 Å². The van der Waals surface area contributed by atoms with E-state index in [0.717, 1.165) is 30.4 Å². The number of rotatable bonds is 6. The fourth-order valence-corrected chi connectivity index (χ4v) is 2.72. The molecule has 20 heavy (non-hydrogen) atoms. The molecule has 0 spiro atoms. The predicted octanol–water partition coefficient (Wildman–Crippen LogP) is 2.50. The third-order valence-electron chi connectivity index (χ3n) is 4.05. The summed E-state index contributed by atoms with van der Waals surface area (Å²) >= 11 is 0. The molecular formula is C15H27N5. The SMILES string of the molecule is CNc1ncc(C)c(NCCCN2CCCCC2C)n1. The zero-order chi connectivity index (χ0) is 14.4. The third kappa shape index (κ3) is 4.07. The van der Waals surface area contributed by atoms with Crippen LogP contribution in [0, 0.1) is 6.92 Å². The van der Waals surface area contributed by atoms with Crippen molar-refractivity contribution >= 4 is 11.8 Å². The maximum atomic E-state index is 4.44. The highest BCUT2D eigenvalue weighted by atomic mass is 15.2. The van der Waals surface area contributed by atoms with E-state index < -0.39 is 0 Å². The summed E-state index contributed by atoms with van der Waals surface area (Å²) in [5.74, 6) is 1.61. The Morgan fingerprint density at radius 2 is 2.25 bits per heavy atom. The molecular weight excluding hydrogens is 250 g/mol. The second kappa shape index (κ2) is 7.43. The van der Waals surface area contributed by atoms with Crippen LogP contribution in [0.1, 0.15) is 38.2 Å². The molecule has 2 N–H and O–H groups in total. The van der Waals surface area contributed by atoms with E-state index in [1.165, 1.54) is 32.4 Å². The van der Waals surface area contributed by atoms with Gasteiger partial charge in [-0.15, -0.1) is 0 Å². The number of nitrogens with one attached hydrogen (secondary N) is 2. The highest BCUT2D eigenvalue weighted by Gasteiger charge is 2.17. The highest BCUT2D eigenvalue weighted by molar-refractivity contribution is 5.46. The molecule has 1 fully saturated rings. The summed E-state index contributed by atoms with van der Waals surface area (Å²) in [4.78, 5) is 11.2. The van der Waals surface area contributed by atoms with Crippen molar-refractivity contribution in [3.05, 3.63) is 11.8 Å². The molecule has 2 heterocycles. The monoisotopic (exact) mass is 277 g/mol. The zero-order valence-corrected chi connectivity index (χ0v) is 12.9. The molecule has 1 unspecified atom stereocenters. The van der Waals surface area contributed by atoms with Crippen molar-refractivity contribution in [1.82, 2.24) is 14.9 Å². The Hall–Kier alpha value is -1.36. The summed E-state index contributed by atoms with van der Waals surface area (Å²) in [7, 11) is 1.84. The Kier molecular flexibility index (Phi) is 5.59. The van der Waals surface area contributed by atoms with Gasteiger partial charge in [0.1, 0.15) is 5.82 Å². The lowest BCUT2D eigenvalue weighted by Crippen LogP contribution is -2.38. The average molecular weight is 277 g/mol. The molecule has 0 aliphatic carbocycles. The van der Waals surface area contributed by atoms with Crippen LogP contribution in [-0.4, -0.2) is 47.6 Å². The first-order valence-corrected chi connectivity index (χ1v) is 7.70. The predicted molar refractivity (Wildman–Crippen MR) is 84.3 cm³/mol. The van der Waals surface area contributed by atoms with Crippen LogP contribution in [0.3, 0.4) is 0 Å². The van der Waals surface area contributed by atoms with Gasteiger partial charge < -0.3 is 15.5 Å². The molecule has 1 atom stereocenters. The van der Waals surface area contributed by atoms with Crippen LogP contribution >= 0.6 is 0 Å². The maximum absolute atomic E-state index is 4.44. The Labute approximate surface area is 122 Å². The standard InChI is InChI=1S/C15H27N5/c1-12-11-18-15(16-3)19-14(12)17-8-6-10-20-9-5-4-7-13(20)2/h11,13H,4-10H2,1-3H3,(H2,16,17,18,19). The molecule has 0 radical (unpaired) electrons. The van der Waals surface area contributed by atoms with Gasteiger partial charge in [0.2, 0.25) is 5.95 Å². The molecule has 1 saturated heterocycles. The fourth-order valence-electron chi connectivity index (χ4n) is 2.72. The normalized spacial score (nSPS) is 19.9. The molecule has 1 aliphatic rings. The van der Waals surface area contributed by atoms with E-state index in [2.05, 4.69) is 32.4 Å². The second-order valence-corrected chi connectivity index (χ2v) is 5.64. The van der Waals surface area contributed by atoms with Gasteiger partial charge in [0.05, 0.1) is 0 Å². The van der Waals surface area contributed by atoms with Crippen molar-refractivity contribution < 1.29 is 0 Å². The number of nitrogens with zero attached hydrogens (tertiary/aromatic N) is 3. The van der Waals surface area contributed by atoms with Gasteiger partial charge in [-0.25, -0.2) is 4.98 Å². The van der Waals surface area contributed by atoms with Gasteiger partial charge in [-0.3, -0.25) is 0 Å². The van der Waals surface area contributed by atoms with Crippen LogP contribution in [-0.2, 0) is 0 Å². The Morgan fingerprint density at radius 1 is 1.40 bits per heavy atom. The number of likely N-dealkylation sites (tertiary alicyclic amines) is 1. The first-order valence-electron chi connectivity index (χ1n) is 7.70. The average Bonchev–Trinajstić information content (AvgIpc) is 2.47. The number of piperidine rings is 1. The van der Waals surface area contributed by atoms with Crippen molar-refractivity contribution in [2.24, 2.45) is 0 Å². The summed E-state index contributed by atoms with van der Waals surface area (Å²) in [5.41, 5.74) is 1.09. The fraction of sp³-hybridized carbons (Fsp3) is 0.733. The zero-order valence-electron chi connectivity index (χ0n) is 12.9. The smallest absolute Gasteiger partial charge is 0.224 e. The number of aromatic nitrogens is 2. The molecule has 0 bridgehead atoms. The van der Waals surface area contributed by atoms with Crippen LogP contribution < -0.4 is 10.6 Å². The van der Waals surface area contributed by atoms with Crippen molar-refractivity contribution in [3.8, 4) is 0 Å². The molecule has 0 aromatic carbocycles. The first-order chi connectivity index (χ1) is 9.70. The summed E-state index contributed by atoms with van der Waals surface area (Å²) in [5, 5.41) is 6.40. The van der Waals surface area contributed by atoms with Crippen LogP contribution in [0.15, 0.2) is 6.20 Å². The van der Waals surface area contributed by atoms with Crippen molar-refractivity contribution in [2.75, 3.05) is 37.3 Å². The summed E-state index contributed by atoms with van der Waals surface area (Å²) < 4.78 is 0.